The molecule has 0 aromatic heterocycles. The zero-order valence-electron chi connectivity index (χ0n) is 9.19. The SMILES string of the molecule is C=C/C(C)=C/NC=NC1CCC(=O)NC1=O. The van der Waals surface area contributed by atoms with Crippen molar-refractivity contribution in [1.29, 1.82) is 0 Å². The fourth-order valence-corrected chi connectivity index (χ4v) is 1.19. The van der Waals surface area contributed by atoms with Crippen molar-refractivity contribution < 1.29 is 9.59 Å². The van der Waals surface area contributed by atoms with Gasteiger partial charge in [-0.15, -0.1) is 0 Å². The Balaban J connectivity index is 2.42. The van der Waals surface area contributed by atoms with Crippen LogP contribution in [-0.2, 0) is 9.59 Å². The molecule has 16 heavy (non-hydrogen) atoms. The van der Waals surface area contributed by atoms with Gasteiger partial charge in [0, 0.05) is 12.6 Å². The second-order valence-corrected chi connectivity index (χ2v) is 3.50. The molecule has 0 saturated carbocycles. The maximum atomic E-state index is 11.3. The second-order valence-electron chi connectivity index (χ2n) is 3.50. The van der Waals surface area contributed by atoms with Crippen LogP contribution in [0.25, 0.3) is 0 Å². The summed E-state index contributed by atoms with van der Waals surface area (Å²) in [6.07, 6.45) is 5.69. The Morgan fingerprint density at radius 1 is 1.62 bits per heavy atom. The van der Waals surface area contributed by atoms with Crippen molar-refractivity contribution in [2.75, 3.05) is 0 Å². The molecule has 1 rings (SSSR count). The average molecular weight is 221 g/mol. The summed E-state index contributed by atoms with van der Waals surface area (Å²) in [6, 6.07) is -0.470. The van der Waals surface area contributed by atoms with Crippen molar-refractivity contribution in [3.05, 3.63) is 24.4 Å². The first-order chi connectivity index (χ1) is 7.63. The number of piperidine rings is 1. The van der Waals surface area contributed by atoms with Gasteiger partial charge in [-0.1, -0.05) is 12.7 Å². The van der Waals surface area contributed by atoms with Gasteiger partial charge in [0.25, 0.3) is 5.91 Å². The summed E-state index contributed by atoms with van der Waals surface area (Å²) in [7, 11) is 0. The molecular formula is C11H15N3O2. The molecule has 5 heteroatoms. The van der Waals surface area contributed by atoms with Crippen molar-refractivity contribution in [1.82, 2.24) is 10.6 Å². The van der Waals surface area contributed by atoms with Gasteiger partial charge < -0.3 is 5.32 Å². The van der Waals surface area contributed by atoms with Gasteiger partial charge in [-0.3, -0.25) is 19.9 Å². The van der Waals surface area contributed by atoms with Gasteiger partial charge in [0.15, 0.2) is 0 Å². The number of amides is 2. The van der Waals surface area contributed by atoms with E-state index >= 15 is 0 Å². The molecule has 1 unspecified atom stereocenters. The van der Waals surface area contributed by atoms with E-state index in [9.17, 15) is 9.59 Å². The molecule has 0 aromatic carbocycles. The minimum atomic E-state index is -0.470. The lowest BCUT2D eigenvalue weighted by Crippen LogP contribution is -2.43. The normalized spacial score (nSPS) is 22.1. The van der Waals surface area contributed by atoms with Crippen LogP contribution >= 0.6 is 0 Å². The van der Waals surface area contributed by atoms with Crippen LogP contribution in [0, 0.1) is 0 Å². The lowest BCUT2D eigenvalue weighted by atomic mass is 10.1. The zero-order chi connectivity index (χ0) is 12.0. The van der Waals surface area contributed by atoms with Crippen LogP contribution < -0.4 is 10.6 Å². The highest BCUT2D eigenvalue weighted by molar-refractivity contribution is 6.00. The van der Waals surface area contributed by atoms with Crippen molar-refractivity contribution >= 4 is 18.2 Å². The Morgan fingerprint density at radius 3 is 3.00 bits per heavy atom. The fourth-order valence-electron chi connectivity index (χ4n) is 1.19. The lowest BCUT2D eigenvalue weighted by Gasteiger charge is -2.16. The first-order valence-corrected chi connectivity index (χ1v) is 5.04. The summed E-state index contributed by atoms with van der Waals surface area (Å²) >= 11 is 0. The Labute approximate surface area is 94.3 Å². The number of hydrogen-bond donors (Lipinski definition) is 2. The van der Waals surface area contributed by atoms with E-state index in [0.29, 0.717) is 12.8 Å². The van der Waals surface area contributed by atoms with Gasteiger partial charge >= 0.3 is 0 Å². The Hall–Kier alpha value is -1.91. The molecule has 1 fully saturated rings. The summed E-state index contributed by atoms with van der Waals surface area (Å²) in [5.74, 6) is -0.564. The zero-order valence-corrected chi connectivity index (χ0v) is 9.19. The van der Waals surface area contributed by atoms with Crippen molar-refractivity contribution in [3.63, 3.8) is 0 Å². The predicted octanol–water partition coefficient (Wildman–Crippen LogP) is 0.499. The average Bonchev–Trinajstić information content (AvgIpc) is 2.26. The van der Waals surface area contributed by atoms with Gasteiger partial charge in [0.2, 0.25) is 5.91 Å². The molecule has 0 bridgehead atoms. The van der Waals surface area contributed by atoms with Crippen LogP contribution in [0.1, 0.15) is 19.8 Å². The third kappa shape index (κ3) is 3.68. The van der Waals surface area contributed by atoms with E-state index in [0.717, 1.165) is 5.57 Å². The number of rotatable bonds is 4. The van der Waals surface area contributed by atoms with E-state index in [2.05, 4.69) is 22.2 Å². The van der Waals surface area contributed by atoms with Crippen LogP contribution in [0.3, 0.4) is 0 Å². The van der Waals surface area contributed by atoms with E-state index in [4.69, 9.17) is 0 Å². The lowest BCUT2D eigenvalue weighted by molar-refractivity contribution is -0.133. The van der Waals surface area contributed by atoms with E-state index in [1.54, 1.807) is 12.3 Å². The third-order valence-corrected chi connectivity index (χ3v) is 2.17. The summed E-state index contributed by atoms with van der Waals surface area (Å²) in [4.78, 5) is 26.2. The predicted molar refractivity (Wildman–Crippen MR) is 61.8 cm³/mol. The summed E-state index contributed by atoms with van der Waals surface area (Å²) in [5, 5.41) is 5.06. The molecule has 2 N–H and O–H groups in total. The highest BCUT2D eigenvalue weighted by Crippen LogP contribution is 2.07. The first kappa shape index (κ1) is 12.2. The smallest absolute Gasteiger partial charge is 0.251 e. The number of carbonyl (C=O) groups excluding carboxylic acids is 2. The largest absolute Gasteiger partial charge is 0.353 e. The maximum absolute atomic E-state index is 11.3. The van der Waals surface area contributed by atoms with E-state index in [-0.39, 0.29) is 11.8 Å². The molecule has 1 aliphatic rings. The fraction of sp³-hybridized carbons (Fsp3) is 0.364. The van der Waals surface area contributed by atoms with Crippen LogP contribution in [0.5, 0.6) is 0 Å². The van der Waals surface area contributed by atoms with E-state index < -0.39 is 6.04 Å². The van der Waals surface area contributed by atoms with E-state index in [1.165, 1.54) is 6.34 Å². The molecule has 2 amide bonds. The van der Waals surface area contributed by atoms with Crippen molar-refractivity contribution in [3.8, 4) is 0 Å². The molecule has 0 spiro atoms. The molecule has 0 aliphatic carbocycles. The molecule has 1 heterocycles. The Bertz CT molecular complexity index is 358. The quantitative estimate of drug-likeness (QED) is 0.314. The molecular weight excluding hydrogens is 206 g/mol. The number of imide groups is 1. The monoisotopic (exact) mass is 221 g/mol. The van der Waals surface area contributed by atoms with Crippen molar-refractivity contribution in [2.45, 2.75) is 25.8 Å². The molecule has 1 atom stereocenters. The highest BCUT2D eigenvalue weighted by atomic mass is 16.2. The van der Waals surface area contributed by atoms with Gasteiger partial charge in [0.05, 0.1) is 6.34 Å². The number of nitrogens with zero attached hydrogens (tertiary/aromatic N) is 1. The molecule has 86 valence electrons. The number of carbonyl (C=O) groups is 2. The highest BCUT2D eigenvalue weighted by Gasteiger charge is 2.25. The first-order valence-electron chi connectivity index (χ1n) is 5.04. The number of allylic oxidation sites excluding steroid dienone is 2. The minimum Gasteiger partial charge on any atom is -0.353 e. The van der Waals surface area contributed by atoms with Crippen LogP contribution in [0.15, 0.2) is 29.4 Å². The summed E-state index contributed by atoms with van der Waals surface area (Å²) < 4.78 is 0. The van der Waals surface area contributed by atoms with Gasteiger partial charge in [-0.05, 0) is 18.9 Å². The molecule has 5 nitrogen and oxygen atoms in total. The number of hydrogen-bond acceptors (Lipinski definition) is 3. The summed E-state index contributed by atoms with van der Waals surface area (Å²) in [5.41, 5.74) is 0.967. The van der Waals surface area contributed by atoms with Crippen LogP contribution in [0.4, 0.5) is 0 Å². The van der Waals surface area contributed by atoms with E-state index in [1.807, 2.05) is 6.92 Å². The Kier molecular flexibility index (Phi) is 4.44. The van der Waals surface area contributed by atoms with Gasteiger partial charge in [0.1, 0.15) is 6.04 Å². The van der Waals surface area contributed by atoms with Crippen LogP contribution in [-0.4, -0.2) is 24.2 Å². The standard InChI is InChI=1S/C11H15N3O2/c1-3-8(2)6-12-7-13-9-4-5-10(15)14-11(9)16/h3,6-7,9H,1,4-5H2,2H3,(H,12,13)(H,14,15,16)/b8-6+. The molecule has 0 radical (unpaired) electrons. The minimum absolute atomic E-state index is 0.230. The molecule has 0 aromatic rings. The second kappa shape index (κ2) is 5.85. The third-order valence-electron chi connectivity index (χ3n) is 2.17. The van der Waals surface area contributed by atoms with Gasteiger partial charge in [-0.25, -0.2) is 0 Å². The van der Waals surface area contributed by atoms with Crippen LogP contribution in [0.2, 0.25) is 0 Å². The Morgan fingerprint density at radius 2 is 2.38 bits per heavy atom. The number of nitrogens with one attached hydrogen (secondary N) is 2. The molecule has 1 aliphatic heterocycles. The van der Waals surface area contributed by atoms with Gasteiger partial charge in [-0.2, -0.15) is 0 Å². The summed E-state index contributed by atoms with van der Waals surface area (Å²) in [6.45, 7) is 5.48. The maximum Gasteiger partial charge on any atom is 0.251 e. The topological polar surface area (TPSA) is 70.6 Å². The van der Waals surface area contributed by atoms with Crippen molar-refractivity contribution in [2.24, 2.45) is 4.99 Å². The molecule has 1 saturated heterocycles. The number of aliphatic imine (C=N–C) groups is 1.